The van der Waals surface area contributed by atoms with E-state index < -0.39 is 5.97 Å². The van der Waals surface area contributed by atoms with Gasteiger partial charge in [-0.3, -0.25) is 9.59 Å². The van der Waals surface area contributed by atoms with Crippen LogP contribution in [0.15, 0.2) is 71.5 Å². The van der Waals surface area contributed by atoms with E-state index in [1.165, 1.54) is 29.4 Å². The van der Waals surface area contributed by atoms with E-state index in [0.717, 1.165) is 22.0 Å². The molecule has 0 spiro atoms. The van der Waals surface area contributed by atoms with E-state index in [1.54, 1.807) is 30.5 Å². The molecule has 0 saturated heterocycles. The number of nitriles is 2. The lowest BCUT2D eigenvalue weighted by Gasteiger charge is -2.13. The fourth-order valence-electron chi connectivity index (χ4n) is 4.44. The van der Waals surface area contributed by atoms with Gasteiger partial charge in [-0.25, -0.2) is 15.0 Å². The second kappa shape index (κ2) is 16.4. The number of anilines is 1. The lowest BCUT2D eigenvalue weighted by atomic mass is 9.97. The van der Waals surface area contributed by atoms with Gasteiger partial charge in [0.05, 0.1) is 17.6 Å². The number of aryl methyl sites for hydroxylation is 1. The number of hydrogen-bond donors (Lipinski definition) is 3. The van der Waals surface area contributed by atoms with Crippen molar-refractivity contribution < 1.29 is 19.1 Å². The molecule has 3 heterocycles. The molecule has 1 amide bonds. The number of thiazole rings is 1. The molecule has 0 bridgehead atoms. The number of nitrogens with one attached hydrogen (secondary N) is 2. The number of aromatic nitrogens is 4. The maximum absolute atomic E-state index is 12.0. The molecule has 0 atom stereocenters. The monoisotopic (exact) mass is 698 g/mol. The summed E-state index contributed by atoms with van der Waals surface area (Å²) in [7, 11) is 0. The predicted octanol–water partition coefficient (Wildman–Crippen LogP) is 5.54. The maximum atomic E-state index is 12.0. The van der Waals surface area contributed by atoms with E-state index in [0.29, 0.717) is 39.1 Å². The zero-order chi connectivity index (χ0) is 33.9. The van der Waals surface area contributed by atoms with E-state index in [-0.39, 0.29) is 49.0 Å². The summed E-state index contributed by atoms with van der Waals surface area (Å²) in [6, 6.07) is 18.5. The summed E-state index contributed by atoms with van der Waals surface area (Å²) < 4.78 is 10.8. The molecular weight excluding hydrogens is 672 g/mol. The molecular formula is C33H27ClN8O4S2. The van der Waals surface area contributed by atoms with Crippen molar-refractivity contribution in [2.24, 2.45) is 0 Å². The Balaban J connectivity index is 1.16. The number of nitrogens with zero attached hydrogens (tertiary/aromatic N) is 5. The number of carbonyl (C=O) groups excluding carboxylic acids is 2. The van der Waals surface area contributed by atoms with Crippen molar-refractivity contribution in [2.45, 2.75) is 23.6 Å². The van der Waals surface area contributed by atoms with Crippen LogP contribution in [0.2, 0.25) is 5.02 Å². The van der Waals surface area contributed by atoms with E-state index >= 15 is 0 Å². The Hall–Kier alpha value is -5.41. The van der Waals surface area contributed by atoms with Crippen LogP contribution in [0.5, 0.6) is 5.75 Å². The van der Waals surface area contributed by atoms with Gasteiger partial charge in [-0.05, 0) is 36.2 Å². The summed E-state index contributed by atoms with van der Waals surface area (Å²) in [5, 5.41) is 26.4. The third-order valence-electron chi connectivity index (χ3n) is 6.78. The summed E-state index contributed by atoms with van der Waals surface area (Å²) in [4.78, 5) is 39.8. The van der Waals surface area contributed by atoms with E-state index in [4.69, 9.17) is 31.8 Å². The van der Waals surface area contributed by atoms with Gasteiger partial charge >= 0.3 is 5.97 Å². The average Bonchev–Trinajstić information content (AvgIpc) is 3.80. The first-order chi connectivity index (χ1) is 23.3. The van der Waals surface area contributed by atoms with Crippen LogP contribution in [0.1, 0.15) is 28.9 Å². The fourth-order valence-corrected chi connectivity index (χ4v) is 6.39. The highest BCUT2D eigenvalue weighted by atomic mass is 35.5. The van der Waals surface area contributed by atoms with Crippen molar-refractivity contribution in [2.75, 3.05) is 25.5 Å². The number of rotatable bonds is 14. The number of ether oxygens (including phenoxy) is 2. The van der Waals surface area contributed by atoms with Crippen molar-refractivity contribution in [3.8, 4) is 39.6 Å². The summed E-state index contributed by atoms with van der Waals surface area (Å²) in [5.41, 5.74) is 10.1. The van der Waals surface area contributed by atoms with Crippen LogP contribution in [0.3, 0.4) is 0 Å². The Labute approximate surface area is 288 Å². The molecule has 0 aliphatic carbocycles. The second-order valence-electron chi connectivity index (χ2n) is 10.0. The number of nitrogen functional groups attached to an aromatic ring is 1. The van der Waals surface area contributed by atoms with Crippen molar-refractivity contribution >= 4 is 52.4 Å². The minimum Gasteiger partial charge on any atom is -0.490 e. The number of H-pyrrole nitrogens is 1. The molecule has 48 heavy (non-hydrogen) atoms. The highest BCUT2D eigenvalue weighted by molar-refractivity contribution is 7.98. The number of thioether (sulfide) groups is 1. The van der Waals surface area contributed by atoms with Gasteiger partial charge in [0, 0.05) is 45.6 Å². The molecule has 5 aromatic rings. The van der Waals surface area contributed by atoms with Crippen LogP contribution in [0, 0.1) is 22.7 Å². The minimum absolute atomic E-state index is 0.0188. The third-order valence-corrected chi connectivity index (χ3v) is 8.98. The normalized spacial score (nSPS) is 10.6. The number of hydrogen-bond acceptors (Lipinski definition) is 12. The van der Waals surface area contributed by atoms with Crippen molar-refractivity contribution in [1.82, 2.24) is 25.3 Å². The number of imidazole rings is 1. The van der Waals surface area contributed by atoms with Crippen molar-refractivity contribution in [3.63, 3.8) is 0 Å². The van der Waals surface area contributed by atoms with Gasteiger partial charge in [0.15, 0.2) is 0 Å². The van der Waals surface area contributed by atoms with Crippen molar-refractivity contribution in [1.29, 1.82) is 10.5 Å². The molecule has 15 heteroatoms. The van der Waals surface area contributed by atoms with Crippen LogP contribution in [0.4, 0.5) is 5.82 Å². The van der Waals surface area contributed by atoms with Gasteiger partial charge in [-0.15, -0.1) is 11.3 Å². The minimum atomic E-state index is -0.586. The molecule has 0 saturated carbocycles. The smallest absolute Gasteiger partial charge is 0.325 e. The standard InChI is InChI=1S/C33H27ClN8O4S2/c34-22-5-1-21(2-6-22)32-41-24(17-47-32)18-48-33-27(14-36)30(26(13-35)31(37)42-33)20-3-8-25(9-4-20)45-11-12-46-29(44)16-39-28(43)10-7-23-15-38-19-40-23/h1-6,8-9,15,17,19H,7,10-12,16,18H2,(H2,37,42)(H,38,40)(H,39,43). The van der Waals surface area contributed by atoms with Crippen LogP contribution in [-0.4, -0.2) is 51.6 Å². The number of aromatic amines is 1. The second-order valence-corrected chi connectivity index (χ2v) is 12.3. The number of pyridine rings is 1. The zero-order valence-electron chi connectivity index (χ0n) is 25.2. The Kier molecular flexibility index (Phi) is 11.6. The first-order valence-corrected chi connectivity index (χ1v) is 16.7. The summed E-state index contributed by atoms with van der Waals surface area (Å²) in [6.07, 6.45) is 3.87. The molecule has 0 aliphatic heterocycles. The average molecular weight is 699 g/mol. The number of amides is 1. The van der Waals surface area contributed by atoms with E-state index in [1.807, 2.05) is 29.6 Å². The van der Waals surface area contributed by atoms with Crippen LogP contribution < -0.4 is 15.8 Å². The van der Waals surface area contributed by atoms with Gasteiger partial charge in [-0.2, -0.15) is 10.5 Å². The van der Waals surface area contributed by atoms with Gasteiger partial charge in [-0.1, -0.05) is 47.6 Å². The summed E-state index contributed by atoms with van der Waals surface area (Å²) in [5.74, 6) is 0.0761. The van der Waals surface area contributed by atoms with Crippen LogP contribution >= 0.6 is 34.7 Å². The SMILES string of the molecule is N#Cc1c(N)nc(SCc2csc(-c3ccc(Cl)cc3)n2)c(C#N)c1-c1ccc(OCCOC(=O)CNC(=O)CCc2cnc[nH]2)cc1. The van der Waals surface area contributed by atoms with Crippen LogP contribution in [-0.2, 0) is 26.5 Å². The molecule has 0 radical (unpaired) electrons. The first-order valence-electron chi connectivity index (χ1n) is 14.4. The Morgan fingerprint density at radius 1 is 1.02 bits per heavy atom. The van der Waals surface area contributed by atoms with E-state index in [9.17, 15) is 20.1 Å². The van der Waals surface area contributed by atoms with Gasteiger partial charge in [0.2, 0.25) is 5.91 Å². The Bertz CT molecular complexity index is 1970. The van der Waals surface area contributed by atoms with Gasteiger partial charge < -0.3 is 25.5 Å². The highest BCUT2D eigenvalue weighted by Crippen LogP contribution is 2.37. The fraction of sp³-hybridized carbons (Fsp3) is 0.182. The van der Waals surface area contributed by atoms with E-state index in [2.05, 4.69) is 32.4 Å². The summed E-state index contributed by atoms with van der Waals surface area (Å²) in [6.45, 7) is -0.197. The molecule has 4 N–H and O–H groups in total. The Morgan fingerprint density at radius 2 is 1.77 bits per heavy atom. The quantitative estimate of drug-likeness (QED) is 0.0749. The first kappa shape index (κ1) is 33.9. The lowest BCUT2D eigenvalue weighted by Crippen LogP contribution is -2.31. The molecule has 2 aromatic carbocycles. The zero-order valence-corrected chi connectivity index (χ0v) is 27.6. The maximum Gasteiger partial charge on any atom is 0.325 e. The number of benzene rings is 2. The molecule has 5 rings (SSSR count). The topological polar surface area (TPSA) is 193 Å². The molecule has 12 nitrogen and oxygen atoms in total. The third kappa shape index (κ3) is 8.89. The summed E-state index contributed by atoms with van der Waals surface area (Å²) >= 11 is 8.81. The van der Waals surface area contributed by atoms with Gasteiger partial charge in [0.25, 0.3) is 0 Å². The molecule has 0 fully saturated rings. The van der Waals surface area contributed by atoms with Crippen LogP contribution in [0.25, 0.3) is 21.7 Å². The number of esters is 1. The Morgan fingerprint density at radius 3 is 2.48 bits per heavy atom. The lowest BCUT2D eigenvalue weighted by molar-refractivity contribution is -0.144. The predicted molar refractivity (Wildman–Crippen MR) is 182 cm³/mol. The van der Waals surface area contributed by atoms with Crippen molar-refractivity contribution in [3.05, 3.63) is 94.0 Å². The molecule has 242 valence electrons. The number of halogens is 1. The number of nitrogens with two attached hydrogens (primary N) is 1. The molecule has 0 aliphatic rings. The molecule has 3 aromatic heterocycles. The molecule has 0 unspecified atom stereocenters. The number of carbonyl (C=O) groups is 2. The van der Waals surface area contributed by atoms with Gasteiger partial charge in [0.1, 0.15) is 59.1 Å². The highest BCUT2D eigenvalue weighted by Gasteiger charge is 2.21. The largest absolute Gasteiger partial charge is 0.490 e.